The molecule has 22 heavy (non-hydrogen) atoms. The molecular formula is C14H15BrClN3O3. The van der Waals surface area contributed by atoms with Crippen molar-refractivity contribution in [1.29, 1.82) is 0 Å². The highest BCUT2D eigenvalue weighted by Gasteiger charge is 2.36. The summed E-state index contributed by atoms with van der Waals surface area (Å²) in [6.45, 7) is 0.711. The third-order valence-electron chi connectivity index (χ3n) is 3.52. The van der Waals surface area contributed by atoms with Gasteiger partial charge in [-0.2, -0.15) is 0 Å². The van der Waals surface area contributed by atoms with Crippen LogP contribution in [-0.4, -0.2) is 41.7 Å². The molecule has 0 unspecified atom stereocenters. The van der Waals surface area contributed by atoms with E-state index in [2.05, 4.69) is 25.9 Å². The normalized spacial score (nSPS) is 20.5. The van der Waals surface area contributed by atoms with Crippen molar-refractivity contribution in [2.45, 2.75) is 18.6 Å². The summed E-state index contributed by atoms with van der Waals surface area (Å²) in [4.78, 5) is 20.1. The van der Waals surface area contributed by atoms with Crippen LogP contribution >= 0.6 is 15.9 Å². The van der Waals surface area contributed by atoms with Crippen molar-refractivity contribution >= 4 is 32.8 Å². The molecular weight excluding hydrogens is 374 g/mol. The minimum absolute atomic E-state index is 0. The minimum Gasteiger partial charge on any atom is -1.00 e. The first-order valence-corrected chi connectivity index (χ1v) is 7.44. The van der Waals surface area contributed by atoms with Gasteiger partial charge >= 0.3 is 5.97 Å². The number of methoxy groups -OCH3 is 1. The van der Waals surface area contributed by atoms with Crippen LogP contribution in [0.1, 0.15) is 6.42 Å². The number of quaternary nitrogens is 1. The zero-order valence-electron chi connectivity index (χ0n) is 11.8. The first-order chi connectivity index (χ1) is 10.2. The van der Waals surface area contributed by atoms with Crippen LogP contribution < -0.4 is 22.5 Å². The third-order valence-corrected chi connectivity index (χ3v) is 4.09. The molecule has 1 aliphatic rings. The Labute approximate surface area is 142 Å². The molecule has 1 saturated heterocycles. The molecule has 0 aromatic carbocycles. The van der Waals surface area contributed by atoms with Crippen molar-refractivity contribution in [2.24, 2.45) is 0 Å². The number of ether oxygens (including phenoxy) is 2. The zero-order valence-corrected chi connectivity index (χ0v) is 14.2. The van der Waals surface area contributed by atoms with Crippen LogP contribution in [0, 0.1) is 0 Å². The van der Waals surface area contributed by atoms with Gasteiger partial charge < -0.3 is 27.2 Å². The fourth-order valence-electron chi connectivity index (χ4n) is 2.45. The lowest BCUT2D eigenvalue weighted by Gasteiger charge is -2.12. The van der Waals surface area contributed by atoms with E-state index in [1.165, 1.54) is 7.11 Å². The maximum atomic E-state index is 11.5. The van der Waals surface area contributed by atoms with Gasteiger partial charge in [0, 0.05) is 17.8 Å². The molecule has 2 atom stereocenters. The molecule has 118 valence electrons. The number of carbonyl (C=O) groups excluding carboxylic acids is 1. The molecule has 0 saturated carbocycles. The maximum Gasteiger partial charge on any atom is 0.364 e. The topological polar surface area (TPSA) is 77.9 Å². The van der Waals surface area contributed by atoms with Crippen LogP contribution in [0.5, 0.6) is 5.88 Å². The molecule has 1 aliphatic heterocycles. The number of rotatable bonds is 3. The Kier molecular flexibility index (Phi) is 5.55. The van der Waals surface area contributed by atoms with Crippen molar-refractivity contribution in [2.75, 3.05) is 13.7 Å². The van der Waals surface area contributed by atoms with Crippen LogP contribution in [-0.2, 0) is 9.53 Å². The van der Waals surface area contributed by atoms with Crippen molar-refractivity contribution in [1.82, 2.24) is 9.97 Å². The second-order valence-electron chi connectivity index (χ2n) is 4.92. The first kappa shape index (κ1) is 16.9. The summed E-state index contributed by atoms with van der Waals surface area (Å²) in [5.41, 5.74) is 0.828. The highest BCUT2D eigenvalue weighted by Crippen LogP contribution is 2.28. The summed E-state index contributed by atoms with van der Waals surface area (Å²) in [5, 5.41) is 2.89. The molecule has 6 nitrogen and oxygen atoms in total. The number of hydrogen-bond donors (Lipinski definition) is 1. The first-order valence-electron chi connectivity index (χ1n) is 6.65. The fraction of sp³-hybridized carbons (Fsp3) is 0.357. The average Bonchev–Trinajstić information content (AvgIpc) is 2.96. The Balaban J connectivity index is 0.00000176. The van der Waals surface area contributed by atoms with Crippen molar-refractivity contribution in [3.63, 3.8) is 0 Å². The summed E-state index contributed by atoms with van der Waals surface area (Å²) in [6.07, 6.45) is 4.02. The van der Waals surface area contributed by atoms with Gasteiger partial charge in [-0.15, -0.1) is 0 Å². The van der Waals surface area contributed by atoms with E-state index in [0.29, 0.717) is 18.8 Å². The van der Waals surface area contributed by atoms with Gasteiger partial charge in [0.1, 0.15) is 6.54 Å². The molecule has 0 amide bonds. The molecule has 1 fully saturated rings. The maximum absolute atomic E-state index is 11.5. The summed E-state index contributed by atoms with van der Waals surface area (Å²) in [6, 6.07) is 3.58. The number of esters is 1. The van der Waals surface area contributed by atoms with E-state index in [4.69, 9.17) is 9.47 Å². The van der Waals surface area contributed by atoms with Gasteiger partial charge in [-0.3, -0.25) is 4.98 Å². The van der Waals surface area contributed by atoms with Crippen LogP contribution in [0.2, 0.25) is 0 Å². The van der Waals surface area contributed by atoms with Gasteiger partial charge in [-0.25, -0.2) is 9.78 Å². The molecule has 2 N–H and O–H groups in total. The fourth-order valence-corrected chi connectivity index (χ4v) is 2.87. The highest BCUT2D eigenvalue weighted by atomic mass is 79.9. The number of nitrogens with zero attached hydrogens (tertiary/aromatic N) is 2. The predicted molar refractivity (Wildman–Crippen MR) is 78.9 cm³/mol. The number of fused-ring (bicyclic) bond motifs is 1. The lowest BCUT2D eigenvalue weighted by atomic mass is 10.2. The van der Waals surface area contributed by atoms with Gasteiger partial charge in [0.05, 0.1) is 23.5 Å². The van der Waals surface area contributed by atoms with Gasteiger partial charge in [0.2, 0.25) is 5.88 Å². The number of aromatic nitrogens is 2. The Bertz CT molecular complexity index is 685. The van der Waals surface area contributed by atoms with E-state index >= 15 is 0 Å². The predicted octanol–water partition coefficient (Wildman–Crippen LogP) is -2.35. The highest BCUT2D eigenvalue weighted by molar-refractivity contribution is 9.10. The van der Waals surface area contributed by atoms with Gasteiger partial charge in [-0.05, 0) is 28.1 Å². The van der Waals surface area contributed by atoms with Crippen molar-refractivity contribution < 1.29 is 32.0 Å². The lowest BCUT2D eigenvalue weighted by Crippen LogP contribution is -3.00. The van der Waals surface area contributed by atoms with Crippen LogP contribution in [0.15, 0.2) is 29.0 Å². The summed E-state index contributed by atoms with van der Waals surface area (Å²) < 4.78 is 11.5. The smallest absolute Gasteiger partial charge is 0.364 e. The Morgan fingerprint density at radius 3 is 3.09 bits per heavy atom. The molecule has 2 aromatic rings. The standard InChI is InChI=1S/C14H14BrN3O3.ClH/c1-20-14(19)12-5-9(7-17-12)21-13-10(15)4-8-6-16-3-2-11(8)18-13;/h2-4,6,9,12,17H,5,7H2,1H3;1H/t9-,12+;/m1./s1. The summed E-state index contributed by atoms with van der Waals surface area (Å²) in [5.74, 6) is 0.329. The van der Waals surface area contributed by atoms with Crippen LogP contribution in [0.3, 0.4) is 0 Å². The van der Waals surface area contributed by atoms with E-state index in [1.807, 2.05) is 17.4 Å². The second kappa shape index (κ2) is 7.21. The van der Waals surface area contributed by atoms with Crippen molar-refractivity contribution in [3.05, 3.63) is 29.0 Å². The van der Waals surface area contributed by atoms with E-state index in [9.17, 15) is 4.79 Å². The molecule has 3 heterocycles. The number of pyridine rings is 2. The van der Waals surface area contributed by atoms with Gasteiger partial charge in [0.25, 0.3) is 0 Å². The number of hydrogen-bond acceptors (Lipinski definition) is 5. The largest absolute Gasteiger partial charge is 1.00 e. The average molecular weight is 389 g/mol. The summed E-state index contributed by atoms with van der Waals surface area (Å²) in [7, 11) is 1.40. The zero-order chi connectivity index (χ0) is 14.8. The Morgan fingerprint density at radius 2 is 2.32 bits per heavy atom. The van der Waals surface area contributed by atoms with E-state index < -0.39 is 0 Å². The molecule has 3 rings (SSSR count). The third kappa shape index (κ3) is 3.48. The van der Waals surface area contributed by atoms with E-state index in [0.717, 1.165) is 15.4 Å². The number of halogens is 2. The van der Waals surface area contributed by atoms with Gasteiger partial charge in [0.15, 0.2) is 12.1 Å². The number of carbonyl (C=O) groups is 1. The molecule has 2 aromatic heterocycles. The molecule has 0 aliphatic carbocycles. The second-order valence-corrected chi connectivity index (χ2v) is 5.77. The van der Waals surface area contributed by atoms with Crippen molar-refractivity contribution in [3.8, 4) is 5.88 Å². The summed E-state index contributed by atoms with van der Waals surface area (Å²) >= 11 is 3.47. The monoisotopic (exact) mass is 387 g/mol. The molecule has 0 radical (unpaired) electrons. The SMILES string of the molecule is COC(=O)[C@@H]1C[C@@H](Oc2nc3ccncc3cc2Br)C[NH2+]1.[Cl-]. The minimum atomic E-state index is -0.210. The quantitative estimate of drug-likeness (QED) is 0.596. The number of nitrogens with two attached hydrogens (primary N) is 1. The van der Waals surface area contributed by atoms with Gasteiger partial charge in [-0.1, -0.05) is 0 Å². The Morgan fingerprint density at radius 1 is 1.50 bits per heavy atom. The molecule has 8 heteroatoms. The van der Waals surface area contributed by atoms with Crippen LogP contribution in [0.4, 0.5) is 0 Å². The van der Waals surface area contributed by atoms with Crippen LogP contribution in [0.25, 0.3) is 10.9 Å². The van der Waals surface area contributed by atoms with E-state index in [-0.39, 0.29) is 30.5 Å². The van der Waals surface area contributed by atoms with E-state index in [1.54, 1.807) is 12.4 Å². The molecule has 0 spiro atoms. The molecule has 0 bridgehead atoms. The lowest BCUT2D eigenvalue weighted by molar-refractivity contribution is -0.660. The Hall–Kier alpha value is -1.44.